The lowest BCUT2D eigenvalue weighted by Gasteiger charge is -1.94. The summed E-state index contributed by atoms with van der Waals surface area (Å²) in [4.78, 5) is 0. The molecule has 0 amide bonds. The maximum atomic E-state index is 8.11. The van der Waals surface area contributed by atoms with Crippen LogP contribution in [0.15, 0.2) is 0 Å². The van der Waals surface area contributed by atoms with Crippen LogP contribution in [0.1, 0.15) is 52.9 Å². The molecule has 0 saturated heterocycles. The molecule has 0 atom stereocenters. The van der Waals surface area contributed by atoms with E-state index in [9.17, 15) is 0 Å². The third-order valence-corrected chi connectivity index (χ3v) is 1.25. The van der Waals surface area contributed by atoms with Crippen molar-refractivity contribution in [2.75, 3.05) is 0 Å². The van der Waals surface area contributed by atoms with Crippen molar-refractivity contribution >= 4 is 0 Å². The Morgan fingerprint density at radius 1 is 0.909 bits per heavy atom. The molecule has 0 aromatic rings. The molecule has 0 rings (SSSR count). The van der Waals surface area contributed by atoms with E-state index >= 15 is 0 Å². The molecule has 0 unspecified atom stereocenters. The smallest absolute Gasteiger partial charge is 0.151 e. The fourth-order valence-corrected chi connectivity index (χ4v) is 0.612. The lowest BCUT2D eigenvalue weighted by atomic mass is 10.3. The van der Waals surface area contributed by atoms with Crippen LogP contribution >= 0.6 is 0 Å². The highest BCUT2D eigenvalue weighted by atomic mass is 16.5. The van der Waals surface area contributed by atoms with E-state index in [-0.39, 0.29) is 0 Å². The summed E-state index contributed by atoms with van der Waals surface area (Å²) in [7, 11) is 0. The Bertz CT molecular complexity index is 51.5. The van der Waals surface area contributed by atoms with E-state index in [0.717, 1.165) is 6.42 Å². The number of hydrogen-bond acceptors (Lipinski definition) is 2. The van der Waals surface area contributed by atoms with Gasteiger partial charge in [-0.25, -0.2) is 0 Å². The molecule has 70 valence electrons. The van der Waals surface area contributed by atoms with Crippen molar-refractivity contribution in [1.82, 2.24) is 0 Å². The Morgan fingerprint density at radius 2 is 1.36 bits per heavy atom. The SMILES string of the molecule is CCCC(O)O.CCCCC. The number of aliphatic hydroxyl groups excluding tert-OH is 1. The van der Waals surface area contributed by atoms with Crippen molar-refractivity contribution in [1.29, 1.82) is 0 Å². The molecule has 0 saturated carbocycles. The second-order valence-electron chi connectivity index (χ2n) is 2.62. The van der Waals surface area contributed by atoms with E-state index in [2.05, 4.69) is 13.8 Å². The molecule has 0 aromatic carbocycles. The van der Waals surface area contributed by atoms with Crippen molar-refractivity contribution in [3.05, 3.63) is 0 Å². The zero-order valence-electron chi connectivity index (χ0n) is 8.01. The first kappa shape index (κ1) is 13.5. The first-order chi connectivity index (χ1) is 5.18. The van der Waals surface area contributed by atoms with Gasteiger partial charge in [0.2, 0.25) is 0 Å². The van der Waals surface area contributed by atoms with Gasteiger partial charge in [0.1, 0.15) is 0 Å². The Morgan fingerprint density at radius 3 is 1.36 bits per heavy atom. The molecule has 0 fully saturated rings. The Balaban J connectivity index is 0. The number of unbranched alkanes of at least 4 members (excludes halogenated alkanes) is 2. The van der Waals surface area contributed by atoms with Crippen molar-refractivity contribution in [2.45, 2.75) is 59.2 Å². The molecule has 0 aliphatic heterocycles. The first-order valence-corrected chi connectivity index (χ1v) is 4.55. The normalized spacial score (nSPS) is 9.27. The average Bonchev–Trinajstić information content (AvgIpc) is 1.90. The zero-order valence-corrected chi connectivity index (χ0v) is 8.01. The van der Waals surface area contributed by atoms with Crippen LogP contribution in [-0.2, 0) is 0 Å². The van der Waals surface area contributed by atoms with Gasteiger partial charge in [-0.05, 0) is 6.42 Å². The highest BCUT2D eigenvalue weighted by Gasteiger charge is 1.89. The van der Waals surface area contributed by atoms with Gasteiger partial charge in [0.15, 0.2) is 6.29 Å². The minimum Gasteiger partial charge on any atom is -0.368 e. The van der Waals surface area contributed by atoms with Gasteiger partial charge in [-0.2, -0.15) is 0 Å². The van der Waals surface area contributed by atoms with Gasteiger partial charge in [0.05, 0.1) is 0 Å². The standard InChI is InChI=1S/C5H12.C4H10O2/c1-3-5-4-2;1-2-3-4(5)6/h3-5H2,1-2H3;4-6H,2-3H2,1H3. The van der Waals surface area contributed by atoms with Gasteiger partial charge in [0, 0.05) is 0 Å². The molecular weight excluding hydrogens is 140 g/mol. The second-order valence-corrected chi connectivity index (χ2v) is 2.62. The van der Waals surface area contributed by atoms with Crippen molar-refractivity contribution in [3.63, 3.8) is 0 Å². The molecule has 2 heteroatoms. The van der Waals surface area contributed by atoms with E-state index in [4.69, 9.17) is 10.2 Å². The Hall–Kier alpha value is -0.0800. The van der Waals surface area contributed by atoms with Crippen molar-refractivity contribution in [3.8, 4) is 0 Å². The molecule has 2 nitrogen and oxygen atoms in total. The predicted octanol–water partition coefficient (Wildman–Crippen LogP) is 2.29. The highest BCUT2D eigenvalue weighted by Crippen LogP contribution is 1.88. The van der Waals surface area contributed by atoms with Crippen LogP contribution in [0.4, 0.5) is 0 Å². The molecular formula is C9H22O2. The third kappa shape index (κ3) is 25.7. The van der Waals surface area contributed by atoms with E-state index in [1.54, 1.807) is 0 Å². The lowest BCUT2D eigenvalue weighted by Crippen LogP contribution is -2.01. The summed E-state index contributed by atoms with van der Waals surface area (Å²) in [5, 5.41) is 16.2. The summed E-state index contributed by atoms with van der Waals surface area (Å²) in [6.07, 6.45) is 4.29. The topological polar surface area (TPSA) is 40.5 Å². The second kappa shape index (κ2) is 12.6. The van der Waals surface area contributed by atoms with E-state index in [1.807, 2.05) is 6.92 Å². The zero-order chi connectivity index (χ0) is 9.11. The van der Waals surface area contributed by atoms with Crippen LogP contribution in [0.2, 0.25) is 0 Å². The Labute approximate surface area is 70.3 Å². The molecule has 0 aliphatic carbocycles. The van der Waals surface area contributed by atoms with Gasteiger partial charge in [-0.3, -0.25) is 0 Å². The summed E-state index contributed by atoms with van der Waals surface area (Å²) >= 11 is 0. The van der Waals surface area contributed by atoms with Crippen LogP contribution in [0.25, 0.3) is 0 Å². The molecule has 0 heterocycles. The lowest BCUT2D eigenvalue weighted by molar-refractivity contribution is -0.0453. The summed E-state index contributed by atoms with van der Waals surface area (Å²) in [5.41, 5.74) is 0. The average molecular weight is 162 g/mol. The van der Waals surface area contributed by atoms with E-state index in [1.165, 1.54) is 19.3 Å². The molecule has 0 aliphatic rings. The summed E-state index contributed by atoms with van der Waals surface area (Å²) in [6.45, 7) is 6.33. The van der Waals surface area contributed by atoms with Crippen LogP contribution < -0.4 is 0 Å². The number of hydrogen-bond donors (Lipinski definition) is 2. The van der Waals surface area contributed by atoms with Gasteiger partial charge >= 0.3 is 0 Å². The number of aliphatic hydroxyl groups is 2. The maximum Gasteiger partial charge on any atom is 0.151 e. The molecule has 2 N–H and O–H groups in total. The highest BCUT2D eigenvalue weighted by molar-refractivity contribution is 4.31. The van der Waals surface area contributed by atoms with Gasteiger partial charge in [-0.15, -0.1) is 0 Å². The van der Waals surface area contributed by atoms with Crippen molar-refractivity contribution in [2.24, 2.45) is 0 Å². The largest absolute Gasteiger partial charge is 0.368 e. The molecule has 11 heavy (non-hydrogen) atoms. The summed E-state index contributed by atoms with van der Waals surface area (Å²) in [6, 6.07) is 0. The van der Waals surface area contributed by atoms with Crippen LogP contribution in [0.3, 0.4) is 0 Å². The fraction of sp³-hybridized carbons (Fsp3) is 1.00. The molecule has 0 bridgehead atoms. The predicted molar refractivity (Wildman–Crippen MR) is 48.3 cm³/mol. The first-order valence-electron chi connectivity index (χ1n) is 4.55. The minimum atomic E-state index is -1.10. The summed E-state index contributed by atoms with van der Waals surface area (Å²) in [5.74, 6) is 0. The minimum absolute atomic E-state index is 0.486. The quantitative estimate of drug-likeness (QED) is 0.623. The molecule has 0 spiro atoms. The maximum absolute atomic E-state index is 8.11. The Kier molecular flexibility index (Phi) is 15.4. The van der Waals surface area contributed by atoms with Gasteiger partial charge in [0.25, 0.3) is 0 Å². The van der Waals surface area contributed by atoms with Crippen LogP contribution in [0.5, 0.6) is 0 Å². The fourth-order valence-electron chi connectivity index (χ4n) is 0.612. The molecule has 0 aromatic heterocycles. The monoisotopic (exact) mass is 162 g/mol. The van der Waals surface area contributed by atoms with Crippen molar-refractivity contribution < 1.29 is 10.2 Å². The van der Waals surface area contributed by atoms with E-state index < -0.39 is 6.29 Å². The van der Waals surface area contributed by atoms with Gasteiger partial charge in [-0.1, -0.05) is 46.5 Å². The van der Waals surface area contributed by atoms with Crippen LogP contribution in [-0.4, -0.2) is 16.5 Å². The third-order valence-electron chi connectivity index (χ3n) is 1.25. The van der Waals surface area contributed by atoms with E-state index in [0.29, 0.717) is 6.42 Å². The summed E-state index contributed by atoms with van der Waals surface area (Å²) < 4.78 is 0. The van der Waals surface area contributed by atoms with Crippen LogP contribution in [0, 0.1) is 0 Å². The molecule has 0 radical (unpaired) electrons. The number of rotatable bonds is 4. The van der Waals surface area contributed by atoms with Gasteiger partial charge < -0.3 is 10.2 Å².